The van der Waals surface area contributed by atoms with Crippen molar-refractivity contribution in [3.05, 3.63) is 71.7 Å². The van der Waals surface area contributed by atoms with Crippen molar-refractivity contribution in [3.8, 4) is 11.5 Å². The van der Waals surface area contributed by atoms with Crippen molar-refractivity contribution in [2.24, 2.45) is 0 Å². The Kier molecular flexibility index (Phi) is 5.29. The van der Waals surface area contributed by atoms with Crippen molar-refractivity contribution in [2.75, 3.05) is 18.2 Å². The highest BCUT2D eigenvalue weighted by Crippen LogP contribution is 2.32. The number of aromatic nitrogens is 2. The molecule has 2 aromatic carbocycles. The minimum Gasteiger partial charge on any atom is -0.454 e. The molecule has 1 aromatic heterocycles. The zero-order valence-corrected chi connectivity index (χ0v) is 16.4. The molecule has 0 radical (unpaired) electrons. The van der Waals surface area contributed by atoms with E-state index in [1.807, 2.05) is 55.1 Å². The summed E-state index contributed by atoms with van der Waals surface area (Å²) in [6.45, 7) is 5.41. The Morgan fingerprint density at radius 1 is 1.10 bits per heavy atom. The van der Waals surface area contributed by atoms with E-state index in [0.717, 1.165) is 29.1 Å². The van der Waals surface area contributed by atoms with Gasteiger partial charge in [-0.15, -0.1) is 0 Å². The van der Waals surface area contributed by atoms with Crippen molar-refractivity contribution >= 4 is 17.4 Å². The number of ether oxygens (including phenoxy) is 2. The monoisotopic (exact) mass is 390 g/mol. The van der Waals surface area contributed by atoms with Crippen molar-refractivity contribution < 1.29 is 14.3 Å². The Bertz CT molecular complexity index is 1040. The number of hydrogen-bond donors (Lipinski definition) is 1. The minimum atomic E-state index is -0.258. The van der Waals surface area contributed by atoms with E-state index in [2.05, 4.69) is 21.4 Å². The summed E-state index contributed by atoms with van der Waals surface area (Å²) in [4.78, 5) is 23.2. The van der Waals surface area contributed by atoms with Crippen molar-refractivity contribution in [1.29, 1.82) is 0 Å². The maximum absolute atomic E-state index is 12.6. The van der Waals surface area contributed by atoms with Gasteiger partial charge < -0.3 is 19.7 Å². The fraction of sp³-hybridized carbons (Fsp3) is 0.227. The zero-order chi connectivity index (χ0) is 20.2. The average Bonchev–Trinajstić information content (AvgIpc) is 3.21. The van der Waals surface area contributed by atoms with Crippen LogP contribution in [-0.2, 0) is 6.54 Å². The van der Waals surface area contributed by atoms with Gasteiger partial charge in [-0.25, -0.2) is 9.97 Å². The van der Waals surface area contributed by atoms with E-state index in [4.69, 9.17) is 9.47 Å². The molecule has 0 bridgehead atoms. The van der Waals surface area contributed by atoms with Crippen LogP contribution in [0.15, 0.2) is 54.9 Å². The topological polar surface area (TPSA) is 76.6 Å². The lowest BCUT2D eigenvalue weighted by atomic mass is 10.2. The maximum atomic E-state index is 12.6. The van der Waals surface area contributed by atoms with Gasteiger partial charge in [0.15, 0.2) is 11.5 Å². The predicted molar refractivity (Wildman–Crippen MR) is 110 cm³/mol. The summed E-state index contributed by atoms with van der Waals surface area (Å²) in [5.41, 5.74) is 3.43. The van der Waals surface area contributed by atoms with Gasteiger partial charge in [0.1, 0.15) is 17.8 Å². The van der Waals surface area contributed by atoms with E-state index in [0.29, 0.717) is 23.8 Å². The van der Waals surface area contributed by atoms with Gasteiger partial charge in [-0.2, -0.15) is 0 Å². The molecule has 2 heterocycles. The van der Waals surface area contributed by atoms with Gasteiger partial charge >= 0.3 is 0 Å². The molecule has 29 heavy (non-hydrogen) atoms. The second-order valence-electron chi connectivity index (χ2n) is 6.71. The number of amides is 1. The first kappa shape index (κ1) is 18.7. The number of anilines is 2. The minimum absolute atomic E-state index is 0.226. The quantitative estimate of drug-likeness (QED) is 0.693. The highest BCUT2D eigenvalue weighted by molar-refractivity contribution is 5.93. The fourth-order valence-electron chi connectivity index (χ4n) is 3.22. The van der Waals surface area contributed by atoms with Gasteiger partial charge in [-0.3, -0.25) is 4.79 Å². The second-order valence-corrected chi connectivity index (χ2v) is 6.71. The van der Waals surface area contributed by atoms with E-state index < -0.39 is 0 Å². The molecular formula is C22H22N4O3. The standard InChI is InChI=1S/C22H22N4O3/c1-3-26(17-6-4-5-15(2)9-17)21-11-18(24-13-25-21)22(27)23-12-16-7-8-19-20(10-16)29-14-28-19/h4-11,13H,3,12,14H2,1-2H3,(H,23,27). The Morgan fingerprint density at radius 2 is 1.97 bits per heavy atom. The molecule has 1 amide bonds. The second kappa shape index (κ2) is 8.18. The lowest BCUT2D eigenvalue weighted by Gasteiger charge is -2.22. The van der Waals surface area contributed by atoms with E-state index >= 15 is 0 Å². The van der Waals surface area contributed by atoms with Crippen LogP contribution in [0.2, 0.25) is 0 Å². The molecule has 0 saturated heterocycles. The summed E-state index contributed by atoms with van der Waals surface area (Å²) in [7, 11) is 0. The van der Waals surface area contributed by atoms with Gasteiger partial charge in [0, 0.05) is 24.8 Å². The number of nitrogens with zero attached hydrogens (tertiary/aromatic N) is 3. The van der Waals surface area contributed by atoms with Crippen LogP contribution in [0.3, 0.4) is 0 Å². The van der Waals surface area contributed by atoms with Gasteiger partial charge in [-0.1, -0.05) is 18.2 Å². The Labute approximate surface area is 169 Å². The molecule has 1 aliphatic rings. The third kappa shape index (κ3) is 4.13. The van der Waals surface area contributed by atoms with Crippen molar-refractivity contribution in [1.82, 2.24) is 15.3 Å². The number of nitrogens with one attached hydrogen (secondary N) is 1. The zero-order valence-electron chi connectivity index (χ0n) is 16.4. The van der Waals surface area contributed by atoms with Crippen molar-refractivity contribution in [3.63, 3.8) is 0 Å². The normalized spacial score (nSPS) is 11.9. The predicted octanol–water partition coefficient (Wildman–Crippen LogP) is 3.60. The summed E-state index contributed by atoms with van der Waals surface area (Å²) in [5, 5.41) is 2.90. The molecule has 0 atom stereocenters. The molecule has 0 aliphatic carbocycles. The first-order valence-electron chi connectivity index (χ1n) is 9.47. The van der Waals surface area contributed by atoms with Gasteiger partial charge in [-0.05, 0) is 49.2 Å². The van der Waals surface area contributed by atoms with E-state index in [9.17, 15) is 4.79 Å². The third-order valence-electron chi connectivity index (χ3n) is 4.68. The van der Waals surface area contributed by atoms with Crippen molar-refractivity contribution in [2.45, 2.75) is 20.4 Å². The average molecular weight is 390 g/mol. The fourth-order valence-corrected chi connectivity index (χ4v) is 3.22. The summed E-state index contributed by atoms with van der Waals surface area (Å²) < 4.78 is 10.7. The summed E-state index contributed by atoms with van der Waals surface area (Å²) in [5.74, 6) is 1.84. The van der Waals surface area contributed by atoms with Crippen LogP contribution in [-0.4, -0.2) is 29.2 Å². The van der Waals surface area contributed by atoms with Crippen LogP contribution in [0.1, 0.15) is 28.5 Å². The van der Waals surface area contributed by atoms with Crippen LogP contribution < -0.4 is 19.7 Å². The number of carbonyl (C=O) groups excluding carboxylic acids is 1. The number of rotatable bonds is 6. The van der Waals surface area contributed by atoms with Crippen LogP contribution in [0, 0.1) is 6.92 Å². The Morgan fingerprint density at radius 3 is 2.79 bits per heavy atom. The molecular weight excluding hydrogens is 368 g/mol. The lowest BCUT2D eigenvalue weighted by Crippen LogP contribution is -2.25. The summed E-state index contributed by atoms with van der Waals surface area (Å²) in [6, 6.07) is 15.5. The highest BCUT2D eigenvalue weighted by atomic mass is 16.7. The van der Waals surface area contributed by atoms with Crippen LogP contribution >= 0.6 is 0 Å². The van der Waals surface area contributed by atoms with Crippen LogP contribution in [0.5, 0.6) is 11.5 Å². The Balaban J connectivity index is 1.48. The summed E-state index contributed by atoms with van der Waals surface area (Å²) in [6.07, 6.45) is 1.42. The molecule has 0 saturated carbocycles. The first-order chi connectivity index (χ1) is 14.1. The molecule has 0 fully saturated rings. The van der Waals surface area contributed by atoms with Gasteiger partial charge in [0.25, 0.3) is 5.91 Å². The highest BCUT2D eigenvalue weighted by Gasteiger charge is 2.16. The number of benzene rings is 2. The smallest absolute Gasteiger partial charge is 0.270 e. The van der Waals surface area contributed by atoms with Crippen LogP contribution in [0.25, 0.3) is 0 Å². The number of aryl methyl sites for hydroxylation is 1. The van der Waals surface area contributed by atoms with Gasteiger partial charge in [0.2, 0.25) is 6.79 Å². The van der Waals surface area contributed by atoms with Crippen LogP contribution in [0.4, 0.5) is 11.5 Å². The molecule has 0 spiro atoms. The van der Waals surface area contributed by atoms with E-state index in [-0.39, 0.29) is 12.7 Å². The van der Waals surface area contributed by atoms with E-state index in [1.165, 1.54) is 6.33 Å². The molecule has 148 valence electrons. The Hall–Kier alpha value is -3.61. The lowest BCUT2D eigenvalue weighted by molar-refractivity contribution is 0.0945. The molecule has 1 N–H and O–H groups in total. The molecule has 4 rings (SSSR count). The number of carbonyl (C=O) groups is 1. The van der Waals surface area contributed by atoms with E-state index in [1.54, 1.807) is 6.07 Å². The SMILES string of the molecule is CCN(c1cccc(C)c1)c1cc(C(=O)NCc2ccc3c(c2)OCO3)ncn1. The summed E-state index contributed by atoms with van der Waals surface area (Å²) >= 11 is 0. The number of hydrogen-bond acceptors (Lipinski definition) is 6. The van der Waals surface area contributed by atoms with Gasteiger partial charge in [0.05, 0.1) is 0 Å². The molecule has 3 aromatic rings. The third-order valence-corrected chi connectivity index (χ3v) is 4.68. The number of fused-ring (bicyclic) bond motifs is 1. The molecule has 7 heteroatoms. The maximum Gasteiger partial charge on any atom is 0.270 e. The molecule has 7 nitrogen and oxygen atoms in total. The molecule has 0 unspecified atom stereocenters. The largest absolute Gasteiger partial charge is 0.454 e. The molecule has 1 aliphatic heterocycles. The first-order valence-corrected chi connectivity index (χ1v) is 9.47.